The second kappa shape index (κ2) is 20.8. The highest BCUT2D eigenvalue weighted by atomic mass is 16.5. The van der Waals surface area contributed by atoms with Gasteiger partial charge in [0.25, 0.3) is 0 Å². The number of aromatic amines is 1. The molecule has 7 N–H and O–H groups in total. The lowest BCUT2D eigenvalue weighted by atomic mass is 9.93. The van der Waals surface area contributed by atoms with Gasteiger partial charge in [-0.1, -0.05) is 113 Å². The summed E-state index contributed by atoms with van der Waals surface area (Å²) in [5.74, 6) is -1.62. The lowest BCUT2D eigenvalue weighted by Gasteiger charge is -2.33. The molecule has 14 nitrogen and oxygen atoms in total. The molecule has 0 radical (unpaired) electrons. The van der Waals surface area contributed by atoms with Crippen LogP contribution in [0.25, 0.3) is 11.0 Å². The lowest BCUT2D eigenvalue weighted by molar-refractivity contribution is -0.132. The van der Waals surface area contributed by atoms with Gasteiger partial charge in [0.1, 0.15) is 30.5 Å². The van der Waals surface area contributed by atoms with Crippen molar-refractivity contribution in [2.75, 3.05) is 12.4 Å². The van der Waals surface area contributed by atoms with Crippen LogP contribution in [0.5, 0.6) is 5.75 Å². The fourth-order valence-corrected chi connectivity index (χ4v) is 6.38. The fourth-order valence-electron chi connectivity index (χ4n) is 6.38. The van der Waals surface area contributed by atoms with Crippen LogP contribution in [0.15, 0.2) is 109 Å². The Kier molecular flexibility index (Phi) is 15.4. The molecule has 0 aliphatic heterocycles. The molecule has 14 heteroatoms. The zero-order chi connectivity index (χ0) is 41.6. The Hall–Kier alpha value is -6.25. The first kappa shape index (κ1) is 42.9. The summed E-state index contributed by atoms with van der Waals surface area (Å²) in [6.07, 6.45) is -2.19. The van der Waals surface area contributed by atoms with Crippen LogP contribution in [-0.4, -0.2) is 76.3 Å². The van der Waals surface area contributed by atoms with E-state index < -0.39 is 54.1 Å². The molecule has 0 fully saturated rings. The molecule has 5 aromatic rings. The number of aliphatic hydroxyl groups excluding tert-OH is 1. The number of imidazole rings is 1. The minimum atomic E-state index is -1.54. The zero-order valence-corrected chi connectivity index (χ0v) is 33.4. The Morgan fingerprint density at radius 3 is 1.88 bits per heavy atom. The number of anilines is 1. The second-order valence-electron chi connectivity index (χ2n) is 14.8. The zero-order valence-electron chi connectivity index (χ0n) is 33.4. The van der Waals surface area contributed by atoms with E-state index in [4.69, 9.17) is 9.47 Å². The van der Waals surface area contributed by atoms with E-state index in [9.17, 15) is 24.3 Å². The lowest BCUT2D eigenvalue weighted by Crippen LogP contribution is -2.63. The van der Waals surface area contributed by atoms with Crippen molar-refractivity contribution in [3.05, 3.63) is 126 Å². The molecule has 0 saturated heterocycles. The Morgan fingerprint density at radius 2 is 1.26 bits per heavy atom. The van der Waals surface area contributed by atoms with Gasteiger partial charge in [0, 0.05) is 6.54 Å². The van der Waals surface area contributed by atoms with Crippen LogP contribution in [-0.2, 0) is 38.7 Å². The molecular weight excluding hydrogens is 739 g/mol. The number of H-pyrrole nitrogens is 1. The maximum Gasteiger partial charge on any atom is 0.408 e. The molecule has 0 bridgehead atoms. The van der Waals surface area contributed by atoms with E-state index in [2.05, 4.69) is 36.6 Å². The number of aromatic nitrogens is 2. The van der Waals surface area contributed by atoms with E-state index in [1.54, 1.807) is 46.9 Å². The molecule has 0 unspecified atom stereocenters. The van der Waals surface area contributed by atoms with Crippen molar-refractivity contribution in [1.29, 1.82) is 0 Å². The average Bonchev–Trinajstić information content (AvgIpc) is 3.63. The molecule has 5 rings (SSSR count). The van der Waals surface area contributed by atoms with Gasteiger partial charge in [-0.15, -0.1) is 0 Å². The normalized spacial score (nSPS) is 13.9. The summed E-state index contributed by atoms with van der Waals surface area (Å²) < 4.78 is 10.7. The maximum atomic E-state index is 14.4. The molecule has 306 valence electrons. The number of benzene rings is 4. The summed E-state index contributed by atoms with van der Waals surface area (Å²) in [5, 5.41) is 26.7. The maximum absolute atomic E-state index is 14.4. The van der Waals surface area contributed by atoms with Crippen molar-refractivity contribution < 1.29 is 33.8 Å². The fraction of sp³-hybridized carbons (Fsp3) is 0.341. The van der Waals surface area contributed by atoms with Gasteiger partial charge in [0.15, 0.2) is 0 Å². The van der Waals surface area contributed by atoms with E-state index in [0.717, 1.165) is 22.2 Å². The van der Waals surface area contributed by atoms with Gasteiger partial charge in [0.2, 0.25) is 23.7 Å². The van der Waals surface area contributed by atoms with Crippen LogP contribution in [0, 0.1) is 11.8 Å². The number of nitrogens with one attached hydrogen (secondary N) is 6. The third-order valence-corrected chi connectivity index (χ3v) is 9.66. The van der Waals surface area contributed by atoms with Crippen LogP contribution >= 0.6 is 0 Å². The van der Waals surface area contributed by atoms with Crippen LogP contribution < -0.4 is 31.3 Å². The highest BCUT2D eigenvalue weighted by Crippen LogP contribution is 2.17. The van der Waals surface area contributed by atoms with Crippen LogP contribution in [0.3, 0.4) is 0 Å². The number of hydrogen-bond donors (Lipinski definition) is 7. The molecule has 1 aromatic heterocycles. The van der Waals surface area contributed by atoms with Gasteiger partial charge in [-0.25, -0.2) is 9.78 Å². The molecule has 1 heterocycles. The summed E-state index contributed by atoms with van der Waals surface area (Å²) in [4.78, 5) is 62.5. The largest absolute Gasteiger partial charge is 0.497 e. The molecule has 5 atom stereocenters. The van der Waals surface area contributed by atoms with Gasteiger partial charge in [0.05, 0.1) is 30.3 Å². The third-order valence-electron chi connectivity index (χ3n) is 9.66. The van der Waals surface area contributed by atoms with Crippen LogP contribution in [0.1, 0.15) is 44.4 Å². The number of fused-ring (bicyclic) bond motifs is 1. The highest BCUT2D eigenvalue weighted by Gasteiger charge is 2.38. The molecule has 0 aliphatic carbocycles. The molecular formula is C44H53N7O7. The van der Waals surface area contributed by atoms with Gasteiger partial charge in [-0.3, -0.25) is 25.0 Å². The van der Waals surface area contributed by atoms with E-state index in [0.29, 0.717) is 11.3 Å². The van der Waals surface area contributed by atoms with Gasteiger partial charge in [-0.05, 0) is 59.2 Å². The number of carbonyl (C=O) groups excluding carboxylic acids is 4. The quantitative estimate of drug-likeness (QED) is 0.0612. The standard InChI is InChI=1S/C44H53N7O7/c1-27(2)36(41(54)51-43-47-33-18-12-13-19-34(33)48-43)49-42(55)38(45-25-30-20-22-32(57-5)23-21-30)39(52)35(24-29-14-8-6-9-15-29)46-40(53)37(28(3)4)50-44(56)58-26-31-16-10-7-11-17-31/h6-23,27-28,35-39,45,52H,24-26H2,1-5H3,(H,46,53)(H,49,55)(H,50,56)(H2,47,48,51,54)/t35-,36-,37-,38+,39+/m0/s1. The Bertz CT molecular complexity index is 2060. The number of carbonyl (C=O) groups is 4. The number of alkyl carbamates (subject to hydrolysis) is 1. The third kappa shape index (κ3) is 12.1. The Morgan fingerprint density at radius 1 is 0.672 bits per heavy atom. The predicted molar refractivity (Wildman–Crippen MR) is 222 cm³/mol. The summed E-state index contributed by atoms with van der Waals surface area (Å²) >= 11 is 0. The molecule has 0 aliphatic rings. The number of para-hydroxylation sites is 2. The number of nitrogens with zero attached hydrogens (tertiary/aromatic N) is 1. The number of methoxy groups -OCH3 is 1. The first-order chi connectivity index (χ1) is 27.9. The highest BCUT2D eigenvalue weighted by molar-refractivity contribution is 5.98. The van der Waals surface area contributed by atoms with Crippen molar-refractivity contribution in [1.82, 2.24) is 31.2 Å². The topological polar surface area (TPSA) is 196 Å². The van der Waals surface area contributed by atoms with Crippen molar-refractivity contribution in [2.45, 2.75) is 77.5 Å². The van der Waals surface area contributed by atoms with E-state index in [1.807, 2.05) is 97.1 Å². The number of aliphatic hydroxyl groups is 1. The van der Waals surface area contributed by atoms with E-state index in [-0.39, 0.29) is 37.4 Å². The number of rotatable bonds is 19. The first-order valence-electron chi connectivity index (χ1n) is 19.3. The minimum Gasteiger partial charge on any atom is -0.497 e. The van der Waals surface area contributed by atoms with Crippen molar-refractivity contribution in [3.8, 4) is 5.75 Å². The van der Waals surface area contributed by atoms with Gasteiger partial charge >= 0.3 is 6.09 Å². The predicted octanol–water partition coefficient (Wildman–Crippen LogP) is 4.85. The number of hydrogen-bond acceptors (Lipinski definition) is 9. The van der Waals surface area contributed by atoms with Crippen LogP contribution in [0.2, 0.25) is 0 Å². The number of amides is 4. The summed E-state index contributed by atoms with van der Waals surface area (Å²) in [7, 11) is 1.56. The summed E-state index contributed by atoms with van der Waals surface area (Å²) in [6.45, 7) is 7.30. The van der Waals surface area contributed by atoms with Crippen molar-refractivity contribution in [2.24, 2.45) is 11.8 Å². The van der Waals surface area contributed by atoms with E-state index in [1.165, 1.54) is 0 Å². The summed E-state index contributed by atoms with van der Waals surface area (Å²) in [5.41, 5.74) is 3.75. The molecule has 4 amide bonds. The first-order valence-corrected chi connectivity index (χ1v) is 19.3. The Labute approximate surface area is 338 Å². The van der Waals surface area contributed by atoms with Crippen LogP contribution in [0.4, 0.5) is 10.7 Å². The Balaban J connectivity index is 1.39. The van der Waals surface area contributed by atoms with Crippen molar-refractivity contribution in [3.63, 3.8) is 0 Å². The minimum absolute atomic E-state index is 0.0127. The van der Waals surface area contributed by atoms with Gasteiger partial charge < -0.3 is 35.5 Å². The van der Waals surface area contributed by atoms with E-state index >= 15 is 0 Å². The average molecular weight is 792 g/mol. The van der Waals surface area contributed by atoms with Gasteiger partial charge in [-0.2, -0.15) is 0 Å². The second-order valence-corrected chi connectivity index (χ2v) is 14.8. The van der Waals surface area contributed by atoms with Crippen molar-refractivity contribution >= 4 is 40.8 Å². The molecule has 0 spiro atoms. The molecule has 58 heavy (non-hydrogen) atoms. The molecule has 4 aromatic carbocycles. The SMILES string of the molecule is COc1ccc(CN[C@@H](C(=O)N[C@H](C(=O)Nc2nc3ccccc3[nH]2)C(C)C)[C@H](O)[C@H](Cc2ccccc2)NC(=O)[C@@H](NC(=O)OCc2ccccc2)C(C)C)cc1. The summed E-state index contributed by atoms with van der Waals surface area (Å²) in [6, 6.07) is 28.5. The monoisotopic (exact) mass is 791 g/mol. The smallest absolute Gasteiger partial charge is 0.408 e. The number of ether oxygens (including phenoxy) is 2. The molecule has 0 saturated carbocycles.